The van der Waals surface area contributed by atoms with E-state index in [1.807, 2.05) is 6.92 Å². The molecular formula is C17H25N3O3S. The maximum atomic E-state index is 11.7. The van der Waals surface area contributed by atoms with Gasteiger partial charge in [0.15, 0.2) is 0 Å². The number of rotatable bonds is 9. The molecule has 1 aromatic heterocycles. The summed E-state index contributed by atoms with van der Waals surface area (Å²) in [5.74, 6) is 1.07. The zero-order valence-corrected chi connectivity index (χ0v) is 14.9. The molecule has 0 atom stereocenters. The summed E-state index contributed by atoms with van der Waals surface area (Å²) >= 11 is 1.31. The molecule has 1 heterocycles. The van der Waals surface area contributed by atoms with Crippen molar-refractivity contribution in [2.45, 2.75) is 32.7 Å². The summed E-state index contributed by atoms with van der Waals surface area (Å²) in [6.45, 7) is 3.52. The van der Waals surface area contributed by atoms with Crippen LogP contribution in [0.15, 0.2) is 23.1 Å². The second-order valence-electron chi connectivity index (χ2n) is 6.18. The Morgan fingerprint density at radius 1 is 1.21 bits per heavy atom. The van der Waals surface area contributed by atoms with Crippen LogP contribution in [0.1, 0.15) is 24.8 Å². The highest BCUT2D eigenvalue weighted by atomic mass is 32.2. The van der Waals surface area contributed by atoms with Gasteiger partial charge >= 0.3 is 0 Å². The van der Waals surface area contributed by atoms with Crippen LogP contribution in [0.3, 0.4) is 0 Å². The largest absolute Gasteiger partial charge is 0.355 e. The lowest BCUT2D eigenvalue weighted by Crippen LogP contribution is -2.34. The Labute approximate surface area is 146 Å². The smallest absolute Gasteiger partial charge is 0.250 e. The van der Waals surface area contributed by atoms with Crippen molar-refractivity contribution in [1.82, 2.24) is 15.2 Å². The zero-order valence-electron chi connectivity index (χ0n) is 14.0. The third kappa shape index (κ3) is 6.39. The van der Waals surface area contributed by atoms with Gasteiger partial charge in [-0.25, -0.2) is 0 Å². The minimum absolute atomic E-state index is 0.00832. The van der Waals surface area contributed by atoms with E-state index in [2.05, 4.69) is 10.6 Å². The van der Waals surface area contributed by atoms with Crippen molar-refractivity contribution in [2.24, 2.45) is 5.92 Å². The number of carbonyl (C=O) groups excluding carboxylic acids is 2. The molecule has 0 spiro atoms. The van der Waals surface area contributed by atoms with E-state index in [9.17, 15) is 14.4 Å². The minimum Gasteiger partial charge on any atom is -0.355 e. The number of nitrogens with one attached hydrogen (secondary N) is 2. The molecule has 1 aliphatic carbocycles. The Balaban J connectivity index is 1.55. The molecule has 0 unspecified atom stereocenters. The van der Waals surface area contributed by atoms with Gasteiger partial charge in [0.1, 0.15) is 0 Å². The topological polar surface area (TPSA) is 80.2 Å². The van der Waals surface area contributed by atoms with Crippen LogP contribution in [0, 0.1) is 12.8 Å². The number of thioether (sulfide) groups is 1. The second-order valence-corrected chi connectivity index (χ2v) is 7.17. The molecule has 1 aliphatic rings. The van der Waals surface area contributed by atoms with Crippen LogP contribution < -0.4 is 16.2 Å². The Bertz CT molecular complexity index is 626. The van der Waals surface area contributed by atoms with Gasteiger partial charge < -0.3 is 15.2 Å². The SMILES string of the molecule is Cc1ccc(=O)n(CCNC(=O)CSCC(=O)NCC2CCC2)c1. The van der Waals surface area contributed by atoms with Gasteiger partial charge in [0.05, 0.1) is 11.5 Å². The fourth-order valence-electron chi connectivity index (χ4n) is 2.44. The summed E-state index contributed by atoms with van der Waals surface area (Å²) in [6, 6.07) is 3.29. The number of hydrogen-bond acceptors (Lipinski definition) is 4. The van der Waals surface area contributed by atoms with Crippen molar-refractivity contribution in [3.63, 3.8) is 0 Å². The average molecular weight is 351 g/mol. The van der Waals surface area contributed by atoms with Crippen LogP contribution in [0.4, 0.5) is 0 Å². The standard InChI is InChI=1S/C17H25N3O3S/c1-13-5-6-17(23)20(10-13)8-7-18-15(21)11-24-12-16(22)19-9-14-3-2-4-14/h5-6,10,14H,2-4,7-9,11-12H2,1H3,(H,18,21)(H,19,22). The molecule has 0 saturated heterocycles. The number of amides is 2. The fraction of sp³-hybridized carbons (Fsp3) is 0.588. The molecule has 0 radical (unpaired) electrons. The van der Waals surface area contributed by atoms with Crippen molar-refractivity contribution >= 4 is 23.6 Å². The zero-order chi connectivity index (χ0) is 17.4. The quantitative estimate of drug-likeness (QED) is 0.693. The van der Waals surface area contributed by atoms with Crippen molar-refractivity contribution in [3.05, 3.63) is 34.2 Å². The maximum absolute atomic E-state index is 11.7. The Hall–Kier alpha value is -1.76. The Morgan fingerprint density at radius 2 is 1.92 bits per heavy atom. The highest BCUT2D eigenvalue weighted by molar-refractivity contribution is 8.00. The number of aromatic nitrogens is 1. The number of aryl methyl sites for hydroxylation is 1. The molecule has 132 valence electrons. The van der Waals surface area contributed by atoms with Crippen molar-refractivity contribution in [3.8, 4) is 0 Å². The summed E-state index contributed by atoms with van der Waals surface area (Å²) in [5, 5.41) is 5.67. The van der Waals surface area contributed by atoms with Gasteiger partial charge in [-0.2, -0.15) is 0 Å². The predicted molar refractivity (Wildman–Crippen MR) is 96.1 cm³/mol. The molecule has 2 N–H and O–H groups in total. The molecule has 7 heteroatoms. The van der Waals surface area contributed by atoms with Gasteiger partial charge in [0, 0.05) is 31.9 Å². The first-order chi connectivity index (χ1) is 11.5. The van der Waals surface area contributed by atoms with E-state index in [0.717, 1.165) is 12.1 Å². The van der Waals surface area contributed by atoms with Crippen LogP contribution in [0.2, 0.25) is 0 Å². The summed E-state index contributed by atoms with van der Waals surface area (Å²) in [7, 11) is 0. The second kappa shape index (κ2) is 9.52. The summed E-state index contributed by atoms with van der Waals surface area (Å²) in [6.07, 6.45) is 5.46. The molecule has 0 aromatic carbocycles. The van der Waals surface area contributed by atoms with Crippen molar-refractivity contribution in [2.75, 3.05) is 24.6 Å². The first-order valence-corrected chi connectivity index (χ1v) is 9.48. The monoisotopic (exact) mass is 351 g/mol. The first kappa shape index (κ1) is 18.6. The van der Waals surface area contributed by atoms with Gasteiger partial charge in [0.2, 0.25) is 11.8 Å². The van der Waals surface area contributed by atoms with Gasteiger partial charge in [-0.05, 0) is 31.2 Å². The van der Waals surface area contributed by atoms with E-state index in [1.165, 1.54) is 37.1 Å². The molecule has 1 aromatic rings. The van der Waals surface area contributed by atoms with Crippen LogP contribution >= 0.6 is 11.8 Å². The third-order valence-electron chi connectivity index (χ3n) is 4.09. The summed E-state index contributed by atoms with van der Waals surface area (Å²) < 4.78 is 1.58. The molecule has 0 bridgehead atoms. The van der Waals surface area contributed by atoms with E-state index in [0.29, 0.717) is 24.8 Å². The minimum atomic E-state index is -0.118. The van der Waals surface area contributed by atoms with E-state index >= 15 is 0 Å². The molecule has 24 heavy (non-hydrogen) atoms. The highest BCUT2D eigenvalue weighted by Crippen LogP contribution is 2.25. The van der Waals surface area contributed by atoms with E-state index in [1.54, 1.807) is 16.8 Å². The molecule has 1 fully saturated rings. The maximum Gasteiger partial charge on any atom is 0.250 e. The van der Waals surface area contributed by atoms with Gasteiger partial charge in [-0.1, -0.05) is 12.5 Å². The van der Waals surface area contributed by atoms with Gasteiger partial charge in [-0.15, -0.1) is 11.8 Å². The molecule has 6 nitrogen and oxygen atoms in total. The van der Waals surface area contributed by atoms with E-state index < -0.39 is 0 Å². The van der Waals surface area contributed by atoms with Crippen LogP contribution in [-0.2, 0) is 16.1 Å². The fourth-order valence-corrected chi connectivity index (χ4v) is 3.11. The number of hydrogen-bond donors (Lipinski definition) is 2. The van der Waals surface area contributed by atoms with Gasteiger partial charge in [-0.3, -0.25) is 14.4 Å². The third-order valence-corrected chi connectivity index (χ3v) is 5.02. The number of carbonyl (C=O) groups is 2. The van der Waals surface area contributed by atoms with Crippen LogP contribution in [0.5, 0.6) is 0 Å². The van der Waals surface area contributed by atoms with Crippen LogP contribution in [-0.4, -0.2) is 41.0 Å². The van der Waals surface area contributed by atoms with E-state index in [4.69, 9.17) is 0 Å². The van der Waals surface area contributed by atoms with Gasteiger partial charge in [0.25, 0.3) is 5.56 Å². The molecule has 0 aliphatic heterocycles. The highest BCUT2D eigenvalue weighted by Gasteiger charge is 2.17. The molecule has 2 amide bonds. The Kier molecular flexibility index (Phi) is 7.36. The van der Waals surface area contributed by atoms with Crippen molar-refractivity contribution < 1.29 is 9.59 Å². The molecule has 1 saturated carbocycles. The molecule has 2 rings (SSSR count). The van der Waals surface area contributed by atoms with E-state index in [-0.39, 0.29) is 23.1 Å². The number of pyridine rings is 1. The van der Waals surface area contributed by atoms with Crippen LogP contribution in [0.25, 0.3) is 0 Å². The average Bonchev–Trinajstić information content (AvgIpc) is 2.49. The molecular weight excluding hydrogens is 326 g/mol. The normalized spacial score (nSPS) is 14.0. The Morgan fingerprint density at radius 3 is 2.58 bits per heavy atom. The first-order valence-electron chi connectivity index (χ1n) is 8.33. The summed E-state index contributed by atoms with van der Waals surface area (Å²) in [5.41, 5.74) is 0.928. The predicted octanol–water partition coefficient (Wildman–Crippen LogP) is 0.922. The lowest BCUT2D eigenvalue weighted by Gasteiger charge is -2.25. The van der Waals surface area contributed by atoms with Crippen molar-refractivity contribution in [1.29, 1.82) is 0 Å². The summed E-state index contributed by atoms with van der Waals surface area (Å²) in [4.78, 5) is 35.0. The number of nitrogens with zero attached hydrogens (tertiary/aromatic N) is 1. The lowest BCUT2D eigenvalue weighted by molar-refractivity contribution is -0.119. The lowest BCUT2D eigenvalue weighted by atomic mass is 9.85.